The van der Waals surface area contributed by atoms with E-state index >= 15 is 0 Å². The van der Waals surface area contributed by atoms with E-state index in [2.05, 4.69) is 20.5 Å². The van der Waals surface area contributed by atoms with E-state index in [0.29, 0.717) is 15.6 Å². The van der Waals surface area contributed by atoms with Crippen molar-refractivity contribution in [1.82, 2.24) is 9.97 Å². The minimum absolute atomic E-state index is 0.272. The normalized spacial score (nSPS) is 11.9. The first-order chi connectivity index (χ1) is 9.86. The van der Waals surface area contributed by atoms with E-state index < -0.39 is 11.9 Å². The zero-order chi connectivity index (χ0) is 15.5. The summed E-state index contributed by atoms with van der Waals surface area (Å²) >= 11 is 11.6. The highest BCUT2D eigenvalue weighted by atomic mass is 35.5. The van der Waals surface area contributed by atoms with Crippen molar-refractivity contribution in [3.8, 4) is 0 Å². The number of alkyl halides is 3. The van der Waals surface area contributed by atoms with Gasteiger partial charge in [0, 0.05) is 16.8 Å². The third-order valence-electron chi connectivity index (χ3n) is 2.28. The highest BCUT2D eigenvalue weighted by Gasteiger charge is 2.32. The van der Waals surface area contributed by atoms with Crippen molar-refractivity contribution in [2.75, 3.05) is 5.43 Å². The fraction of sp³-hybridized carbons (Fsp3) is 0.0833. The van der Waals surface area contributed by atoms with Gasteiger partial charge in [-0.15, -0.1) is 0 Å². The van der Waals surface area contributed by atoms with Crippen LogP contribution in [-0.2, 0) is 6.18 Å². The smallest absolute Gasteiger partial charge is 0.245 e. The molecule has 0 aliphatic rings. The molecule has 0 radical (unpaired) electrons. The molecule has 1 heterocycles. The first-order valence-electron chi connectivity index (χ1n) is 5.50. The minimum atomic E-state index is -4.54. The molecule has 0 saturated carbocycles. The molecular formula is C12H7Cl2F3N4. The predicted octanol–water partition coefficient (Wildman–Crippen LogP) is 4.25. The Morgan fingerprint density at radius 2 is 1.95 bits per heavy atom. The van der Waals surface area contributed by atoms with Gasteiger partial charge in [0.1, 0.15) is 5.69 Å². The zero-order valence-electron chi connectivity index (χ0n) is 10.2. The van der Waals surface area contributed by atoms with Crippen LogP contribution in [-0.4, -0.2) is 16.2 Å². The minimum Gasteiger partial charge on any atom is -0.245 e. The van der Waals surface area contributed by atoms with Crippen molar-refractivity contribution in [1.29, 1.82) is 0 Å². The molecule has 21 heavy (non-hydrogen) atoms. The summed E-state index contributed by atoms with van der Waals surface area (Å²) in [6.45, 7) is 0. The van der Waals surface area contributed by atoms with Crippen LogP contribution in [0.25, 0.3) is 0 Å². The standard InChI is InChI=1S/C12H7Cl2F3N4/c13-8-2-1-7(9(14)5-8)6-19-21-11-18-4-3-10(20-11)12(15,16)17/h1-6H,(H,18,20,21)/b19-6-. The van der Waals surface area contributed by atoms with E-state index in [1.165, 1.54) is 12.3 Å². The zero-order valence-corrected chi connectivity index (χ0v) is 11.7. The van der Waals surface area contributed by atoms with Crippen LogP contribution >= 0.6 is 23.2 Å². The quantitative estimate of drug-likeness (QED) is 0.674. The molecule has 110 valence electrons. The summed E-state index contributed by atoms with van der Waals surface area (Å²) in [5.74, 6) is -0.272. The molecule has 0 bridgehead atoms. The number of rotatable bonds is 3. The number of nitrogens with one attached hydrogen (secondary N) is 1. The Bertz CT molecular complexity index is 674. The molecule has 1 N–H and O–H groups in total. The predicted molar refractivity (Wildman–Crippen MR) is 74.7 cm³/mol. The van der Waals surface area contributed by atoms with Crippen LogP contribution in [0.3, 0.4) is 0 Å². The number of benzene rings is 1. The van der Waals surface area contributed by atoms with Crippen LogP contribution in [0.1, 0.15) is 11.3 Å². The fourth-order valence-corrected chi connectivity index (χ4v) is 1.79. The lowest BCUT2D eigenvalue weighted by molar-refractivity contribution is -0.141. The maximum Gasteiger partial charge on any atom is 0.433 e. The Kier molecular flexibility index (Phi) is 4.64. The van der Waals surface area contributed by atoms with Gasteiger partial charge in [0.05, 0.1) is 11.2 Å². The molecule has 2 rings (SSSR count). The van der Waals surface area contributed by atoms with Gasteiger partial charge in [-0.3, -0.25) is 0 Å². The SMILES string of the molecule is FC(F)(F)c1ccnc(N/N=C\c2ccc(Cl)cc2Cl)n1. The number of anilines is 1. The molecule has 9 heteroatoms. The number of hydrogen-bond acceptors (Lipinski definition) is 4. The molecule has 0 spiro atoms. The molecule has 0 fully saturated rings. The molecule has 0 aliphatic heterocycles. The molecule has 0 amide bonds. The van der Waals surface area contributed by atoms with Crippen LogP contribution in [0, 0.1) is 0 Å². The first-order valence-corrected chi connectivity index (χ1v) is 6.26. The van der Waals surface area contributed by atoms with E-state index in [9.17, 15) is 13.2 Å². The molecular weight excluding hydrogens is 328 g/mol. The summed E-state index contributed by atoms with van der Waals surface area (Å²) in [7, 11) is 0. The van der Waals surface area contributed by atoms with Crippen molar-refractivity contribution in [2.24, 2.45) is 5.10 Å². The Labute approximate surface area is 127 Å². The third-order valence-corrected chi connectivity index (χ3v) is 2.84. The van der Waals surface area contributed by atoms with Gasteiger partial charge in [0.2, 0.25) is 5.95 Å². The van der Waals surface area contributed by atoms with Crippen LogP contribution in [0.2, 0.25) is 10.0 Å². The first kappa shape index (κ1) is 15.5. The molecule has 0 aliphatic carbocycles. The second-order valence-corrected chi connectivity index (χ2v) is 4.64. The van der Waals surface area contributed by atoms with Crippen LogP contribution in [0.4, 0.5) is 19.1 Å². The molecule has 1 aromatic carbocycles. The van der Waals surface area contributed by atoms with E-state index in [1.54, 1.807) is 12.1 Å². The van der Waals surface area contributed by atoms with Gasteiger partial charge in [0.15, 0.2) is 0 Å². The monoisotopic (exact) mass is 334 g/mol. The molecule has 0 saturated heterocycles. The van der Waals surface area contributed by atoms with Crippen molar-refractivity contribution in [2.45, 2.75) is 6.18 Å². The van der Waals surface area contributed by atoms with Gasteiger partial charge in [0.25, 0.3) is 0 Å². The van der Waals surface area contributed by atoms with Crippen LogP contribution in [0.15, 0.2) is 35.6 Å². The highest BCUT2D eigenvalue weighted by Crippen LogP contribution is 2.27. The van der Waals surface area contributed by atoms with Crippen molar-refractivity contribution < 1.29 is 13.2 Å². The van der Waals surface area contributed by atoms with Crippen LogP contribution in [0.5, 0.6) is 0 Å². The Balaban J connectivity index is 2.11. The lowest BCUT2D eigenvalue weighted by Gasteiger charge is -2.06. The highest BCUT2D eigenvalue weighted by molar-refractivity contribution is 6.36. The van der Waals surface area contributed by atoms with E-state index in [-0.39, 0.29) is 5.95 Å². The van der Waals surface area contributed by atoms with E-state index in [1.807, 2.05) is 0 Å². The lowest BCUT2D eigenvalue weighted by Crippen LogP contribution is -2.09. The Morgan fingerprint density at radius 3 is 2.62 bits per heavy atom. The number of halogens is 5. The summed E-state index contributed by atoms with van der Waals surface area (Å²) in [6, 6.07) is 5.51. The van der Waals surface area contributed by atoms with Gasteiger partial charge in [-0.05, 0) is 18.2 Å². The second-order valence-electron chi connectivity index (χ2n) is 3.80. The number of aromatic nitrogens is 2. The van der Waals surface area contributed by atoms with Crippen molar-refractivity contribution in [3.05, 3.63) is 51.8 Å². The van der Waals surface area contributed by atoms with Crippen molar-refractivity contribution >= 4 is 35.4 Å². The average molecular weight is 335 g/mol. The van der Waals surface area contributed by atoms with Gasteiger partial charge in [-0.25, -0.2) is 15.4 Å². The summed E-state index contributed by atoms with van der Waals surface area (Å²) < 4.78 is 37.4. The summed E-state index contributed by atoms with van der Waals surface area (Å²) in [6.07, 6.45) is -2.23. The second kappa shape index (κ2) is 6.28. The average Bonchev–Trinajstić information content (AvgIpc) is 2.41. The van der Waals surface area contributed by atoms with Gasteiger partial charge < -0.3 is 0 Å². The topological polar surface area (TPSA) is 50.2 Å². The number of hydrazone groups is 1. The summed E-state index contributed by atoms with van der Waals surface area (Å²) in [5, 5.41) is 4.55. The van der Waals surface area contributed by atoms with E-state index in [0.717, 1.165) is 12.3 Å². The van der Waals surface area contributed by atoms with E-state index in [4.69, 9.17) is 23.2 Å². The van der Waals surface area contributed by atoms with Gasteiger partial charge in [-0.1, -0.05) is 29.3 Å². The van der Waals surface area contributed by atoms with Crippen LogP contribution < -0.4 is 5.43 Å². The summed E-state index contributed by atoms with van der Waals surface area (Å²) in [5.41, 5.74) is 1.79. The largest absolute Gasteiger partial charge is 0.433 e. The molecule has 1 aromatic heterocycles. The molecule has 4 nitrogen and oxygen atoms in total. The maximum absolute atomic E-state index is 12.5. The van der Waals surface area contributed by atoms with Gasteiger partial charge in [-0.2, -0.15) is 18.3 Å². The maximum atomic E-state index is 12.5. The molecule has 2 aromatic rings. The number of nitrogens with zero attached hydrogens (tertiary/aromatic N) is 3. The molecule has 0 unspecified atom stereocenters. The Hall–Kier alpha value is -1.86. The third kappa shape index (κ3) is 4.30. The fourth-order valence-electron chi connectivity index (χ4n) is 1.34. The van der Waals surface area contributed by atoms with Gasteiger partial charge >= 0.3 is 6.18 Å². The summed E-state index contributed by atoms with van der Waals surface area (Å²) in [4.78, 5) is 6.93. The molecule has 0 atom stereocenters. The van der Waals surface area contributed by atoms with Crippen molar-refractivity contribution in [3.63, 3.8) is 0 Å². The number of hydrogen-bond donors (Lipinski definition) is 1. The lowest BCUT2D eigenvalue weighted by atomic mass is 10.2. The Morgan fingerprint density at radius 1 is 1.19 bits per heavy atom.